The Morgan fingerprint density at radius 2 is 1.50 bits per heavy atom. The average Bonchev–Trinajstić information content (AvgIpc) is 3.31. The highest BCUT2D eigenvalue weighted by Gasteiger charge is 2.11. The number of nitrogens with one attached hydrogen (secondary N) is 4. The van der Waals surface area contributed by atoms with Gasteiger partial charge in [0.1, 0.15) is 0 Å². The highest BCUT2D eigenvalue weighted by molar-refractivity contribution is 6.21. The van der Waals surface area contributed by atoms with Crippen LogP contribution in [0.15, 0.2) is 68.7 Å². The molecule has 0 bridgehead atoms. The zero-order valence-corrected chi connectivity index (χ0v) is 17.0. The van der Waals surface area contributed by atoms with Crippen molar-refractivity contribution in [3.05, 3.63) is 59.7 Å². The molecule has 30 heavy (non-hydrogen) atoms. The molecular weight excluding hydrogens is 376 g/mol. The SMILES string of the molecule is CN=C(NC)NN=Cc1c2ccccc2c(C=NNC2=NCCN2)c2ccccc12. The third kappa shape index (κ3) is 3.93. The standard InChI is InChI=1S/C22H24N8/c1-23-21(24-2)29-27-13-19-15-7-3-5-9-17(15)20(18-10-6-4-8-16(18)19)14-28-30-22-25-11-12-26-22/h3-10,13-14H,11-12H2,1-2H3,(H2,23,24,29)(H2,25,26,30). The molecule has 1 aliphatic heterocycles. The third-order valence-electron chi connectivity index (χ3n) is 4.88. The summed E-state index contributed by atoms with van der Waals surface area (Å²) >= 11 is 0. The van der Waals surface area contributed by atoms with Crippen LogP contribution in [0.1, 0.15) is 11.1 Å². The molecule has 8 nitrogen and oxygen atoms in total. The van der Waals surface area contributed by atoms with E-state index in [-0.39, 0.29) is 0 Å². The fourth-order valence-corrected chi connectivity index (χ4v) is 3.48. The first kappa shape index (κ1) is 19.4. The molecule has 0 saturated heterocycles. The van der Waals surface area contributed by atoms with Gasteiger partial charge in [0.15, 0.2) is 0 Å². The highest BCUT2D eigenvalue weighted by Crippen LogP contribution is 2.31. The van der Waals surface area contributed by atoms with Gasteiger partial charge in [-0.3, -0.25) is 4.99 Å². The second kappa shape index (κ2) is 9.04. The van der Waals surface area contributed by atoms with Crippen molar-refractivity contribution in [3.8, 4) is 0 Å². The van der Waals surface area contributed by atoms with Gasteiger partial charge >= 0.3 is 0 Å². The quantitative estimate of drug-likeness (QED) is 0.233. The van der Waals surface area contributed by atoms with E-state index >= 15 is 0 Å². The topological polar surface area (TPSA) is 97.6 Å². The number of hydrogen-bond donors (Lipinski definition) is 4. The van der Waals surface area contributed by atoms with Crippen LogP contribution in [-0.4, -0.2) is 51.5 Å². The first-order valence-corrected chi connectivity index (χ1v) is 9.76. The molecular formula is C22H24N8. The smallest absolute Gasteiger partial charge is 0.212 e. The van der Waals surface area contributed by atoms with Crippen molar-refractivity contribution < 1.29 is 0 Å². The van der Waals surface area contributed by atoms with Crippen molar-refractivity contribution in [1.82, 2.24) is 21.5 Å². The van der Waals surface area contributed by atoms with Gasteiger partial charge in [0, 0.05) is 31.8 Å². The van der Waals surface area contributed by atoms with Crippen LogP contribution < -0.4 is 21.5 Å². The molecule has 152 valence electrons. The van der Waals surface area contributed by atoms with E-state index in [9.17, 15) is 0 Å². The Balaban J connectivity index is 1.81. The number of aliphatic imine (C=N–C) groups is 2. The van der Waals surface area contributed by atoms with E-state index in [0.717, 1.165) is 45.8 Å². The molecule has 0 saturated carbocycles. The number of fused-ring (bicyclic) bond motifs is 2. The minimum Gasteiger partial charge on any atom is -0.358 e. The fourth-order valence-electron chi connectivity index (χ4n) is 3.48. The monoisotopic (exact) mass is 400 g/mol. The van der Waals surface area contributed by atoms with E-state index in [1.165, 1.54) is 0 Å². The second-order valence-corrected chi connectivity index (χ2v) is 6.64. The highest BCUT2D eigenvalue weighted by atomic mass is 15.4. The van der Waals surface area contributed by atoms with Crippen molar-refractivity contribution in [2.24, 2.45) is 20.2 Å². The molecule has 8 heteroatoms. The number of benzene rings is 3. The Morgan fingerprint density at radius 1 is 0.933 bits per heavy atom. The Hall–Kier alpha value is -3.94. The second-order valence-electron chi connectivity index (χ2n) is 6.64. The lowest BCUT2D eigenvalue weighted by atomic mass is 9.92. The maximum atomic E-state index is 4.42. The van der Waals surface area contributed by atoms with Crippen LogP contribution >= 0.6 is 0 Å². The molecule has 0 radical (unpaired) electrons. The average molecular weight is 400 g/mol. The lowest BCUT2D eigenvalue weighted by molar-refractivity contribution is 0.920. The summed E-state index contributed by atoms with van der Waals surface area (Å²) < 4.78 is 0. The molecule has 0 amide bonds. The van der Waals surface area contributed by atoms with E-state index in [1.807, 2.05) is 36.7 Å². The van der Waals surface area contributed by atoms with Crippen molar-refractivity contribution in [2.45, 2.75) is 0 Å². The van der Waals surface area contributed by atoms with Crippen LogP contribution in [0.25, 0.3) is 21.5 Å². The number of rotatable bonds is 4. The molecule has 4 rings (SSSR count). The minimum atomic E-state index is 0.595. The molecule has 1 aliphatic rings. The van der Waals surface area contributed by atoms with Gasteiger partial charge in [0.05, 0.1) is 19.0 Å². The zero-order valence-electron chi connectivity index (χ0n) is 17.0. The van der Waals surface area contributed by atoms with E-state index in [1.54, 1.807) is 14.1 Å². The van der Waals surface area contributed by atoms with Crippen molar-refractivity contribution in [2.75, 3.05) is 27.2 Å². The van der Waals surface area contributed by atoms with Crippen molar-refractivity contribution in [1.29, 1.82) is 0 Å². The number of hydrogen-bond acceptors (Lipinski definition) is 6. The van der Waals surface area contributed by atoms with Crippen molar-refractivity contribution in [3.63, 3.8) is 0 Å². The zero-order chi connectivity index (χ0) is 20.8. The van der Waals surface area contributed by atoms with Crippen molar-refractivity contribution >= 4 is 45.9 Å². The summed E-state index contributed by atoms with van der Waals surface area (Å²) in [5.74, 6) is 1.30. The molecule has 4 N–H and O–H groups in total. The maximum absolute atomic E-state index is 4.42. The van der Waals surface area contributed by atoms with Crippen LogP contribution in [0.3, 0.4) is 0 Å². The first-order valence-electron chi connectivity index (χ1n) is 9.76. The predicted octanol–water partition coefficient (Wildman–Crippen LogP) is 2.00. The number of guanidine groups is 2. The van der Waals surface area contributed by atoms with Crippen LogP contribution in [-0.2, 0) is 0 Å². The van der Waals surface area contributed by atoms with Gasteiger partial charge in [-0.1, -0.05) is 48.5 Å². The van der Waals surface area contributed by atoms with Crippen LogP contribution in [0.2, 0.25) is 0 Å². The Bertz CT molecular complexity index is 1050. The molecule has 0 fully saturated rings. The number of hydrazone groups is 2. The maximum Gasteiger partial charge on any atom is 0.212 e. The van der Waals surface area contributed by atoms with Crippen LogP contribution in [0.5, 0.6) is 0 Å². The van der Waals surface area contributed by atoms with E-state index in [0.29, 0.717) is 11.9 Å². The summed E-state index contributed by atoms with van der Waals surface area (Å²) in [5, 5.41) is 19.3. The molecule has 0 spiro atoms. The van der Waals surface area contributed by atoms with Crippen LogP contribution in [0.4, 0.5) is 0 Å². The normalized spacial score (nSPS) is 14.5. The molecule has 1 heterocycles. The summed E-state index contributed by atoms with van der Waals surface area (Å²) in [6.45, 7) is 1.60. The fraction of sp³-hybridized carbons (Fsp3) is 0.182. The summed E-state index contributed by atoms with van der Waals surface area (Å²) in [7, 11) is 3.50. The molecule has 3 aromatic carbocycles. The van der Waals surface area contributed by atoms with E-state index in [2.05, 4.69) is 65.9 Å². The van der Waals surface area contributed by atoms with Gasteiger partial charge in [-0.2, -0.15) is 10.2 Å². The summed E-state index contributed by atoms with van der Waals surface area (Å²) in [6.07, 6.45) is 3.69. The third-order valence-corrected chi connectivity index (χ3v) is 4.88. The molecule has 0 aliphatic carbocycles. The van der Waals surface area contributed by atoms with Gasteiger partial charge in [-0.15, -0.1) is 0 Å². The van der Waals surface area contributed by atoms with E-state index < -0.39 is 0 Å². The van der Waals surface area contributed by atoms with Crippen LogP contribution in [0, 0.1) is 0 Å². The van der Waals surface area contributed by atoms with Gasteiger partial charge in [0.2, 0.25) is 11.9 Å². The molecule has 0 atom stereocenters. The predicted molar refractivity (Wildman–Crippen MR) is 126 cm³/mol. The van der Waals surface area contributed by atoms with Gasteiger partial charge in [-0.05, 0) is 21.5 Å². The summed E-state index contributed by atoms with van der Waals surface area (Å²) in [6, 6.07) is 16.5. The largest absolute Gasteiger partial charge is 0.358 e. The molecule has 0 unspecified atom stereocenters. The van der Waals surface area contributed by atoms with E-state index in [4.69, 9.17) is 0 Å². The summed E-state index contributed by atoms with van der Waals surface area (Å²) in [5.41, 5.74) is 7.99. The Labute approximate surface area is 174 Å². The minimum absolute atomic E-state index is 0.595. The lowest BCUT2D eigenvalue weighted by Gasteiger charge is -2.12. The van der Waals surface area contributed by atoms with Gasteiger partial charge < -0.3 is 10.6 Å². The molecule has 0 aromatic heterocycles. The van der Waals surface area contributed by atoms with Gasteiger partial charge in [-0.25, -0.2) is 15.8 Å². The lowest BCUT2D eigenvalue weighted by Crippen LogP contribution is -2.30. The Morgan fingerprint density at radius 3 is 1.97 bits per heavy atom. The van der Waals surface area contributed by atoms with Gasteiger partial charge in [0.25, 0.3) is 0 Å². The Kier molecular flexibility index (Phi) is 5.84. The summed E-state index contributed by atoms with van der Waals surface area (Å²) in [4.78, 5) is 8.39. The first-order chi connectivity index (χ1) is 14.8. The molecule has 3 aromatic rings. The number of nitrogens with zero attached hydrogens (tertiary/aromatic N) is 4.